The Morgan fingerprint density at radius 2 is 2.00 bits per heavy atom. The van der Waals surface area contributed by atoms with Crippen LogP contribution in [0.25, 0.3) is 0 Å². The highest BCUT2D eigenvalue weighted by Gasteiger charge is 2.08. The first kappa shape index (κ1) is 14.6. The predicted molar refractivity (Wildman–Crippen MR) is 80.9 cm³/mol. The van der Waals surface area contributed by atoms with E-state index >= 15 is 0 Å². The lowest BCUT2D eigenvalue weighted by Gasteiger charge is -2.16. The van der Waals surface area contributed by atoms with Gasteiger partial charge < -0.3 is 10.1 Å². The predicted octanol–water partition coefficient (Wildman–Crippen LogP) is 2.41. The first-order chi connectivity index (χ1) is 9.79. The molecule has 1 atom stereocenters. The molecule has 2 aromatic rings. The lowest BCUT2D eigenvalue weighted by Crippen LogP contribution is -2.28. The van der Waals surface area contributed by atoms with Gasteiger partial charge in [0.05, 0.1) is 6.61 Å². The molecule has 1 N–H and O–H groups in total. The summed E-state index contributed by atoms with van der Waals surface area (Å²) in [7, 11) is 4.00. The minimum absolute atomic E-state index is 0.466. The van der Waals surface area contributed by atoms with E-state index in [2.05, 4.69) is 16.5 Å². The second-order valence-corrected chi connectivity index (χ2v) is 4.92. The molecule has 0 aliphatic carbocycles. The molecule has 0 saturated heterocycles. The second-order valence-electron chi connectivity index (χ2n) is 4.92. The van der Waals surface area contributed by atoms with E-state index in [4.69, 9.17) is 4.74 Å². The third kappa shape index (κ3) is 4.38. The molecular formula is C16H23N3O. The van der Waals surface area contributed by atoms with Gasteiger partial charge in [-0.05, 0) is 44.5 Å². The molecule has 4 heteroatoms. The maximum absolute atomic E-state index is 5.74. The average molecular weight is 273 g/mol. The Morgan fingerprint density at radius 1 is 1.20 bits per heavy atom. The molecule has 0 saturated carbocycles. The molecule has 0 aliphatic rings. The van der Waals surface area contributed by atoms with Gasteiger partial charge in [-0.15, -0.1) is 0 Å². The number of nitrogens with one attached hydrogen (secondary N) is 1. The molecule has 1 heterocycles. The molecule has 108 valence electrons. The number of para-hydroxylation sites is 1. The first-order valence-electron chi connectivity index (χ1n) is 7.11. The minimum atomic E-state index is 0.466. The van der Waals surface area contributed by atoms with Gasteiger partial charge in [0.2, 0.25) is 0 Å². The Bertz CT molecular complexity index is 495. The van der Waals surface area contributed by atoms with Crippen LogP contribution in [0.5, 0.6) is 5.75 Å². The summed E-state index contributed by atoms with van der Waals surface area (Å²) in [5, 5.41) is 7.55. The van der Waals surface area contributed by atoms with Crippen molar-refractivity contribution in [3.8, 4) is 5.75 Å². The van der Waals surface area contributed by atoms with Crippen LogP contribution in [0.15, 0.2) is 42.6 Å². The Hall–Kier alpha value is -1.81. The molecule has 1 aromatic heterocycles. The molecule has 0 amide bonds. The Labute approximate surface area is 120 Å². The molecule has 2 rings (SSSR count). The van der Waals surface area contributed by atoms with Crippen molar-refractivity contribution in [2.75, 3.05) is 13.7 Å². The number of aryl methyl sites for hydroxylation is 2. The van der Waals surface area contributed by atoms with Crippen LogP contribution in [0.1, 0.15) is 18.5 Å². The van der Waals surface area contributed by atoms with Crippen molar-refractivity contribution in [2.24, 2.45) is 7.05 Å². The zero-order valence-electron chi connectivity index (χ0n) is 12.2. The zero-order valence-corrected chi connectivity index (χ0v) is 12.2. The number of nitrogens with zero attached hydrogens (tertiary/aromatic N) is 2. The molecule has 1 unspecified atom stereocenters. The van der Waals surface area contributed by atoms with Gasteiger partial charge in [0.25, 0.3) is 0 Å². The zero-order chi connectivity index (χ0) is 14.2. The molecule has 4 nitrogen and oxygen atoms in total. The lowest BCUT2D eigenvalue weighted by molar-refractivity contribution is 0.284. The van der Waals surface area contributed by atoms with Crippen molar-refractivity contribution in [3.05, 3.63) is 48.3 Å². The smallest absolute Gasteiger partial charge is 0.119 e. The minimum Gasteiger partial charge on any atom is -0.494 e. The molecule has 0 bridgehead atoms. The molecular weight excluding hydrogens is 250 g/mol. The van der Waals surface area contributed by atoms with Gasteiger partial charge in [-0.2, -0.15) is 5.10 Å². The van der Waals surface area contributed by atoms with Crippen LogP contribution in [-0.4, -0.2) is 29.5 Å². The summed E-state index contributed by atoms with van der Waals surface area (Å²) in [6, 6.07) is 12.5. The van der Waals surface area contributed by atoms with Crippen LogP contribution in [0, 0.1) is 0 Å². The first-order valence-corrected chi connectivity index (χ1v) is 7.11. The number of hydrogen-bond donors (Lipinski definition) is 1. The number of aromatic nitrogens is 2. The van der Waals surface area contributed by atoms with Crippen LogP contribution >= 0.6 is 0 Å². The highest BCUT2D eigenvalue weighted by atomic mass is 16.5. The summed E-state index contributed by atoms with van der Waals surface area (Å²) < 4.78 is 7.68. The molecule has 1 aromatic carbocycles. The number of hydrogen-bond acceptors (Lipinski definition) is 3. The quantitative estimate of drug-likeness (QED) is 0.803. The van der Waals surface area contributed by atoms with E-state index in [9.17, 15) is 0 Å². The second kappa shape index (κ2) is 7.70. The average Bonchev–Trinajstić information content (AvgIpc) is 2.89. The molecule has 20 heavy (non-hydrogen) atoms. The van der Waals surface area contributed by atoms with Crippen LogP contribution in [0.3, 0.4) is 0 Å². The largest absolute Gasteiger partial charge is 0.494 e. The maximum Gasteiger partial charge on any atom is 0.119 e. The molecule has 0 spiro atoms. The van der Waals surface area contributed by atoms with Crippen LogP contribution < -0.4 is 10.1 Å². The highest BCUT2D eigenvalue weighted by Crippen LogP contribution is 2.10. The summed E-state index contributed by atoms with van der Waals surface area (Å²) >= 11 is 0. The monoisotopic (exact) mass is 273 g/mol. The van der Waals surface area contributed by atoms with E-state index in [1.54, 1.807) is 0 Å². The molecule has 0 fully saturated rings. The van der Waals surface area contributed by atoms with E-state index in [1.807, 2.05) is 55.3 Å². The molecule has 0 aliphatic heterocycles. The fourth-order valence-corrected chi connectivity index (χ4v) is 2.24. The topological polar surface area (TPSA) is 39.1 Å². The van der Waals surface area contributed by atoms with Crippen LogP contribution in [-0.2, 0) is 13.5 Å². The van der Waals surface area contributed by atoms with E-state index in [0.717, 1.165) is 31.6 Å². The van der Waals surface area contributed by atoms with Crippen molar-refractivity contribution in [1.82, 2.24) is 15.1 Å². The van der Waals surface area contributed by atoms with Gasteiger partial charge in [0.15, 0.2) is 0 Å². The van der Waals surface area contributed by atoms with Gasteiger partial charge in [0, 0.05) is 25.0 Å². The van der Waals surface area contributed by atoms with Crippen LogP contribution in [0.2, 0.25) is 0 Å². The fraction of sp³-hybridized carbons (Fsp3) is 0.438. The third-order valence-corrected chi connectivity index (χ3v) is 3.56. The van der Waals surface area contributed by atoms with E-state index in [-0.39, 0.29) is 0 Å². The van der Waals surface area contributed by atoms with E-state index < -0.39 is 0 Å². The van der Waals surface area contributed by atoms with Gasteiger partial charge in [-0.1, -0.05) is 18.2 Å². The Balaban J connectivity index is 1.71. The van der Waals surface area contributed by atoms with Gasteiger partial charge >= 0.3 is 0 Å². The normalized spacial score (nSPS) is 12.3. The summed E-state index contributed by atoms with van der Waals surface area (Å²) in [6.45, 7) is 0.737. The van der Waals surface area contributed by atoms with Crippen LogP contribution in [0.4, 0.5) is 0 Å². The summed E-state index contributed by atoms with van der Waals surface area (Å²) in [5.41, 5.74) is 1.27. The van der Waals surface area contributed by atoms with Crippen molar-refractivity contribution >= 4 is 0 Å². The Morgan fingerprint density at radius 3 is 2.65 bits per heavy atom. The van der Waals surface area contributed by atoms with Gasteiger partial charge in [-0.3, -0.25) is 4.68 Å². The standard InChI is InChI=1S/C16H23N3O/c1-17-14(8-9-15-10-12-18-19(15)2)11-13-20-16-6-4-3-5-7-16/h3-7,10,12,14,17H,8-9,11,13H2,1-2H3. The fourth-order valence-electron chi connectivity index (χ4n) is 2.24. The maximum atomic E-state index is 5.74. The highest BCUT2D eigenvalue weighted by molar-refractivity contribution is 5.20. The Kier molecular flexibility index (Phi) is 5.62. The van der Waals surface area contributed by atoms with E-state index in [1.165, 1.54) is 5.69 Å². The van der Waals surface area contributed by atoms with Crippen molar-refractivity contribution in [2.45, 2.75) is 25.3 Å². The lowest BCUT2D eigenvalue weighted by atomic mass is 10.1. The van der Waals surface area contributed by atoms with Crippen molar-refractivity contribution in [1.29, 1.82) is 0 Å². The number of ether oxygens (including phenoxy) is 1. The third-order valence-electron chi connectivity index (χ3n) is 3.56. The summed E-state index contributed by atoms with van der Waals surface area (Å²) in [4.78, 5) is 0. The van der Waals surface area contributed by atoms with E-state index in [0.29, 0.717) is 6.04 Å². The van der Waals surface area contributed by atoms with Gasteiger partial charge in [-0.25, -0.2) is 0 Å². The number of benzene rings is 1. The summed E-state index contributed by atoms with van der Waals surface area (Å²) in [6.07, 6.45) is 4.98. The van der Waals surface area contributed by atoms with Crippen molar-refractivity contribution in [3.63, 3.8) is 0 Å². The molecule has 0 radical (unpaired) electrons. The van der Waals surface area contributed by atoms with Crippen molar-refractivity contribution < 1.29 is 4.74 Å². The van der Waals surface area contributed by atoms with Gasteiger partial charge in [0.1, 0.15) is 5.75 Å². The number of rotatable bonds is 8. The summed E-state index contributed by atoms with van der Waals surface area (Å²) in [5.74, 6) is 0.939. The SMILES string of the molecule is CNC(CCOc1ccccc1)CCc1ccnn1C.